The number of amides is 1. The van der Waals surface area contributed by atoms with Crippen molar-refractivity contribution in [2.24, 2.45) is 0 Å². The highest BCUT2D eigenvalue weighted by Gasteiger charge is 2.23. The monoisotopic (exact) mass is 378 g/mol. The van der Waals surface area contributed by atoms with Crippen molar-refractivity contribution in [3.8, 4) is 0 Å². The van der Waals surface area contributed by atoms with Crippen molar-refractivity contribution in [2.75, 3.05) is 12.4 Å². The number of halogens is 1. The van der Waals surface area contributed by atoms with E-state index in [0.29, 0.717) is 22.3 Å². The molecule has 0 saturated heterocycles. The van der Waals surface area contributed by atoms with Crippen LogP contribution in [-0.2, 0) is 4.74 Å². The first kappa shape index (κ1) is 15.2. The predicted molar refractivity (Wildman–Crippen MR) is 84.3 cm³/mol. The van der Waals surface area contributed by atoms with E-state index >= 15 is 0 Å². The second kappa shape index (κ2) is 5.84. The SMILES string of the molecule is COC(=O)c1[nH]c2ccc(Br)cc2c1NC(=O)c1nonc1C. The zero-order valence-corrected chi connectivity index (χ0v) is 13.7. The third-order valence-electron chi connectivity index (χ3n) is 3.26. The first-order chi connectivity index (χ1) is 11.0. The number of anilines is 1. The second-order valence-electron chi connectivity index (χ2n) is 4.71. The Labute approximate surface area is 138 Å². The average Bonchev–Trinajstić information content (AvgIpc) is 3.11. The minimum absolute atomic E-state index is 0.0464. The molecule has 0 spiro atoms. The zero-order chi connectivity index (χ0) is 16.6. The maximum Gasteiger partial charge on any atom is 0.356 e. The van der Waals surface area contributed by atoms with Crippen LogP contribution in [0.1, 0.15) is 26.7 Å². The molecule has 0 radical (unpaired) electrons. The quantitative estimate of drug-likeness (QED) is 0.677. The van der Waals surface area contributed by atoms with Crippen LogP contribution >= 0.6 is 15.9 Å². The second-order valence-corrected chi connectivity index (χ2v) is 5.62. The fraction of sp³-hybridized carbons (Fsp3) is 0.143. The van der Waals surface area contributed by atoms with Crippen LogP contribution in [0.5, 0.6) is 0 Å². The number of hydrogen-bond acceptors (Lipinski definition) is 6. The number of carbonyl (C=O) groups is 2. The van der Waals surface area contributed by atoms with Crippen molar-refractivity contribution in [1.29, 1.82) is 0 Å². The van der Waals surface area contributed by atoms with E-state index in [2.05, 4.69) is 41.2 Å². The molecule has 23 heavy (non-hydrogen) atoms. The lowest BCUT2D eigenvalue weighted by Crippen LogP contribution is -2.16. The molecule has 9 heteroatoms. The van der Waals surface area contributed by atoms with Gasteiger partial charge in [-0.2, -0.15) is 0 Å². The van der Waals surface area contributed by atoms with Crippen LogP contribution in [0, 0.1) is 6.92 Å². The highest BCUT2D eigenvalue weighted by Crippen LogP contribution is 2.31. The first-order valence-electron chi connectivity index (χ1n) is 6.51. The predicted octanol–water partition coefficient (Wildman–Crippen LogP) is 2.66. The summed E-state index contributed by atoms with van der Waals surface area (Å²) in [4.78, 5) is 27.2. The third kappa shape index (κ3) is 2.70. The molecular weight excluding hydrogens is 368 g/mol. The van der Waals surface area contributed by atoms with Gasteiger partial charge < -0.3 is 15.0 Å². The molecule has 2 N–H and O–H groups in total. The summed E-state index contributed by atoms with van der Waals surface area (Å²) in [6, 6.07) is 5.38. The Morgan fingerprint density at radius 1 is 1.35 bits per heavy atom. The Hall–Kier alpha value is -2.68. The fourth-order valence-corrected chi connectivity index (χ4v) is 2.52. The van der Waals surface area contributed by atoms with Gasteiger partial charge in [-0.3, -0.25) is 4.79 Å². The molecule has 0 aliphatic rings. The smallest absolute Gasteiger partial charge is 0.356 e. The molecule has 1 aromatic carbocycles. The Kier molecular flexibility index (Phi) is 3.87. The van der Waals surface area contributed by atoms with Crippen molar-refractivity contribution >= 4 is 44.4 Å². The van der Waals surface area contributed by atoms with Crippen molar-refractivity contribution < 1.29 is 19.0 Å². The number of nitrogens with zero attached hydrogens (tertiary/aromatic N) is 2. The van der Waals surface area contributed by atoms with E-state index in [4.69, 9.17) is 4.74 Å². The highest BCUT2D eigenvalue weighted by atomic mass is 79.9. The van der Waals surface area contributed by atoms with Crippen LogP contribution in [0.15, 0.2) is 27.3 Å². The third-order valence-corrected chi connectivity index (χ3v) is 3.75. The van der Waals surface area contributed by atoms with Crippen LogP contribution in [0.4, 0.5) is 5.69 Å². The number of aromatic amines is 1. The number of hydrogen-bond donors (Lipinski definition) is 2. The van der Waals surface area contributed by atoms with Gasteiger partial charge in [-0.05, 0) is 30.3 Å². The number of benzene rings is 1. The normalized spacial score (nSPS) is 10.7. The fourth-order valence-electron chi connectivity index (χ4n) is 2.16. The summed E-state index contributed by atoms with van der Waals surface area (Å²) in [5, 5.41) is 10.4. The Morgan fingerprint density at radius 2 is 2.13 bits per heavy atom. The molecule has 0 saturated carbocycles. The van der Waals surface area contributed by atoms with Gasteiger partial charge in [0.15, 0.2) is 5.69 Å². The van der Waals surface area contributed by atoms with Gasteiger partial charge >= 0.3 is 5.97 Å². The number of carbonyl (C=O) groups excluding carboxylic acids is 2. The van der Waals surface area contributed by atoms with Gasteiger partial charge in [0.05, 0.1) is 12.8 Å². The van der Waals surface area contributed by atoms with Gasteiger partial charge in [0.2, 0.25) is 0 Å². The van der Waals surface area contributed by atoms with E-state index in [1.54, 1.807) is 19.1 Å². The van der Waals surface area contributed by atoms with E-state index in [-0.39, 0.29) is 11.4 Å². The summed E-state index contributed by atoms with van der Waals surface area (Å²) in [6.07, 6.45) is 0. The Bertz CT molecular complexity index is 915. The summed E-state index contributed by atoms with van der Waals surface area (Å²) in [5.41, 5.74) is 1.52. The number of nitrogens with one attached hydrogen (secondary N) is 2. The molecule has 0 aliphatic carbocycles. The van der Waals surface area contributed by atoms with Gasteiger partial charge in [0.1, 0.15) is 11.4 Å². The molecule has 118 valence electrons. The topological polar surface area (TPSA) is 110 Å². The molecule has 0 bridgehead atoms. The summed E-state index contributed by atoms with van der Waals surface area (Å²) in [7, 11) is 1.26. The lowest BCUT2D eigenvalue weighted by molar-refractivity contribution is 0.0596. The minimum Gasteiger partial charge on any atom is -0.464 e. The van der Waals surface area contributed by atoms with E-state index in [1.807, 2.05) is 6.07 Å². The van der Waals surface area contributed by atoms with E-state index in [9.17, 15) is 9.59 Å². The number of rotatable bonds is 3. The summed E-state index contributed by atoms with van der Waals surface area (Å²) in [6.45, 7) is 1.60. The van der Waals surface area contributed by atoms with Gasteiger partial charge in [0.25, 0.3) is 5.91 Å². The Morgan fingerprint density at radius 3 is 2.78 bits per heavy atom. The maximum atomic E-state index is 12.3. The van der Waals surface area contributed by atoms with E-state index < -0.39 is 11.9 Å². The van der Waals surface area contributed by atoms with Gasteiger partial charge in [-0.1, -0.05) is 21.1 Å². The average molecular weight is 379 g/mol. The number of ether oxygens (including phenoxy) is 1. The van der Waals surface area contributed by atoms with Gasteiger partial charge in [-0.15, -0.1) is 0 Å². The molecule has 0 aliphatic heterocycles. The summed E-state index contributed by atoms with van der Waals surface area (Å²) >= 11 is 3.37. The van der Waals surface area contributed by atoms with Crippen molar-refractivity contribution in [2.45, 2.75) is 6.92 Å². The molecule has 2 heterocycles. The number of fused-ring (bicyclic) bond motifs is 1. The molecule has 0 unspecified atom stereocenters. The number of aryl methyl sites for hydroxylation is 1. The zero-order valence-electron chi connectivity index (χ0n) is 12.1. The molecule has 1 amide bonds. The molecule has 0 fully saturated rings. The van der Waals surface area contributed by atoms with E-state index in [0.717, 1.165) is 4.47 Å². The Balaban J connectivity index is 2.10. The standard InChI is InChI=1S/C14H11BrN4O4/c1-6-10(19-23-18-6)13(20)17-11-8-5-7(15)3-4-9(8)16-12(11)14(21)22-2/h3-5,16H,1-2H3,(H,17,20). The lowest BCUT2D eigenvalue weighted by atomic mass is 10.2. The largest absolute Gasteiger partial charge is 0.464 e. The molecule has 0 atom stereocenters. The number of methoxy groups -OCH3 is 1. The van der Waals surface area contributed by atoms with Gasteiger partial charge in [-0.25, -0.2) is 9.42 Å². The maximum absolute atomic E-state index is 12.3. The van der Waals surface area contributed by atoms with Crippen LogP contribution in [-0.4, -0.2) is 34.3 Å². The molecule has 2 aromatic heterocycles. The molecule has 3 rings (SSSR count). The van der Waals surface area contributed by atoms with Gasteiger partial charge in [0, 0.05) is 15.4 Å². The summed E-state index contributed by atoms with van der Waals surface area (Å²) < 4.78 is 10.1. The van der Waals surface area contributed by atoms with Crippen molar-refractivity contribution in [1.82, 2.24) is 15.3 Å². The van der Waals surface area contributed by atoms with Crippen LogP contribution in [0.3, 0.4) is 0 Å². The van der Waals surface area contributed by atoms with Crippen molar-refractivity contribution in [3.63, 3.8) is 0 Å². The van der Waals surface area contributed by atoms with Crippen molar-refractivity contribution in [3.05, 3.63) is 39.8 Å². The highest BCUT2D eigenvalue weighted by molar-refractivity contribution is 9.10. The number of esters is 1. The van der Waals surface area contributed by atoms with E-state index in [1.165, 1.54) is 7.11 Å². The molecular formula is C14H11BrN4O4. The van der Waals surface area contributed by atoms with Crippen LogP contribution in [0.2, 0.25) is 0 Å². The number of aromatic nitrogens is 3. The molecule has 8 nitrogen and oxygen atoms in total. The summed E-state index contributed by atoms with van der Waals surface area (Å²) in [5.74, 6) is -1.13. The minimum atomic E-state index is -0.595. The number of H-pyrrole nitrogens is 1. The lowest BCUT2D eigenvalue weighted by Gasteiger charge is -2.05. The van der Waals surface area contributed by atoms with Crippen LogP contribution in [0.25, 0.3) is 10.9 Å². The van der Waals surface area contributed by atoms with Crippen LogP contribution < -0.4 is 5.32 Å². The first-order valence-corrected chi connectivity index (χ1v) is 7.30. The molecule has 3 aromatic rings.